The summed E-state index contributed by atoms with van der Waals surface area (Å²) in [6.07, 6.45) is 0. The molecule has 0 atom stereocenters. The molecule has 0 spiro atoms. The Morgan fingerprint density at radius 3 is 2.12 bits per heavy atom. The second kappa shape index (κ2) is 2.88. The molecule has 1 aromatic rings. The molecule has 0 aliphatic carbocycles. The standard InChI is InChI=1S/C7H7Br/c8-6-7-4-2-1-3-5-7/h1-5H,6H2/i1+1,2+1,3+1,4+1,5+1,7+1. The highest BCUT2D eigenvalue weighted by Gasteiger charge is 1.81. The van der Waals surface area contributed by atoms with Crippen molar-refractivity contribution in [3.05, 3.63) is 35.9 Å². The number of benzene rings is 1. The van der Waals surface area contributed by atoms with Gasteiger partial charge in [-0.25, -0.2) is 0 Å². The van der Waals surface area contributed by atoms with Crippen molar-refractivity contribution in [3.63, 3.8) is 0 Å². The number of halogens is 1. The van der Waals surface area contributed by atoms with E-state index in [2.05, 4.69) is 28.1 Å². The van der Waals surface area contributed by atoms with Crippen LogP contribution in [0, 0.1) is 0 Å². The van der Waals surface area contributed by atoms with Crippen LogP contribution in [0.4, 0.5) is 0 Å². The van der Waals surface area contributed by atoms with Gasteiger partial charge in [-0.15, -0.1) is 0 Å². The van der Waals surface area contributed by atoms with E-state index >= 15 is 0 Å². The van der Waals surface area contributed by atoms with E-state index in [9.17, 15) is 0 Å². The molecule has 0 saturated carbocycles. The summed E-state index contributed by atoms with van der Waals surface area (Å²) in [5.74, 6) is 0. The van der Waals surface area contributed by atoms with E-state index in [1.165, 1.54) is 5.56 Å². The maximum atomic E-state index is 3.36. The van der Waals surface area contributed by atoms with Crippen molar-refractivity contribution >= 4 is 15.9 Å². The minimum absolute atomic E-state index is 0.952. The van der Waals surface area contributed by atoms with Crippen molar-refractivity contribution in [2.45, 2.75) is 5.33 Å². The van der Waals surface area contributed by atoms with Crippen LogP contribution < -0.4 is 0 Å². The number of hydrogen-bond acceptors (Lipinski definition) is 0. The molecule has 1 heteroatoms. The molecule has 0 unspecified atom stereocenters. The number of hydrogen-bond donors (Lipinski definition) is 0. The van der Waals surface area contributed by atoms with Crippen molar-refractivity contribution in [2.24, 2.45) is 0 Å². The summed E-state index contributed by atoms with van der Waals surface area (Å²) >= 11 is 3.36. The first-order valence-electron chi connectivity index (χ1n) is 2.53. The predicted molar refractivity (Wildman–Crippen MR) is 39.1 cm³/mol. The smallest absolute Gasteiger partial charge is 0.0283 e. The molecule has 0 aliphatic heterocycles. The van der Waals surface area contributed by atoms with Crippen molar-refractivity contribution < 1.29 is 0 Å². The van der Waals surface area contributed by atoms with Gasteiger partial charge >= 0.3 is 0 Å². The van der Waals surface area contributed by atoms with E-state index in [4.69, 9.17) is 0 Å². The number of alkyl halides is 1. The van der Waals surface area contributed by atoms with Crippen LogP contribution >= 0.6 is 15.9 Å². The minimum atomic E-state index is 0.952. The number of rotatable bonds is 1. The Morgan fingerprint density at radius 1 is 1.12 bits per heavy atom. The van der Waals surface area contributed by atoms with Gasteiger partial charge in [0.05, 0.1) is 0 Å². The van der Waals surface area contributed by atoms with E-state index in [-0.39, 0.29) is 0 Å². The van der Waals surface area contributed by atoms with E-state index in [1.54, 1.807) is 0 Å². The highest BCUT2D eigenvalue weighted by atomic mass is 79.9. The van der Waals surface area contributed by atoms with Crippen LogP contribution in [0.3, 0.4) is 0 Å². The summed E-state index contributed by atoms with van der Waals surface area (Å²) in [7, 11) is 0. The van der Waals surface area contributed by atoms with Gasteiger partial charge < -0.3 is 0 Å². The topological polar surface area (TPSA) is 0 Å². The van der Waals surface area contributed by atoms with Crippen molar-refractivity contribution in [1.29, 1.82) is 0 Å². The van der Waals surface area contributed by atoms with Gasteiger partial charge in [0.2, 0.25) is 0 Å². The summed E-state index contributed by atoms with van der Waals surface area (Å²) in [6, 6.07) is 10.3. The summed E-state index contributed by atoms with van der Waals surface area (Å²) in [6.45, 7) is 0. The van der Waals surface area contributed by atoms with Gasteiger partial charge in [0, 0.05) is 5.33 Å². The average Bonchev–Trinajstić information content (AvgIpc) is 1.90. The van der Waals surface area contributed by atoms with Gasteiger partial charge in [-0.3, -0.25) is 0 Å². The van der Waals surface area contributed by atoms with Crippen LogP contribution in [-0.2, 0) is 5.33 Å². The van der Waals surface area contributed by atoms with Crippen molar-refractivity contribution in [2.75, 3.05) is 0 Å². The fourth-order valence-electron chi connectivity index (χ4n) is 0.567. The highest BCUT2D eigenvalue weighted by Crippen LogP contribution is 2.02. The Balaban J connectivity index is 2.83. The van der Waals surface area contributed by atoms with Crippen LogP contribution in [0.1, 0.15) is 5.56 Å². The lowest BCUT2D eigenvalue weighted by Gasteiger charge is -1.88. The van der Waals surface area contributed by atoms with Crippen molar-refractivity contribution in [3.8, 4) is 0 Å². The molecule has 0 aromatic heterocycles. The highest BCUT2D eigenvalue weighted by molar-refractivity contribution is 9.08. The minimum Gasteiger partial charge on any atom is -0.0876 e. The van der Waals surface area contributed by atoms with Crippen LogP contribution in [0.25, 0.3) is 0 Å². The Morgan fingerprint density at radius 2 is 1.75 bits per heavy atom. The fraction of sp³-hybridized carbons (Fsp3) is 0.143. The maximum Gasteiger partial charge on any atom is 0.0283 e. The molecular weight excluding hydrogens is 170 g/mol. The molecule has 0 heterocycles. The third-order valence-electron chi connectivity index (χ3n) is 0.997. The summed E-state index contributed by atoms with van der Waals surface area (Å²) < 4.78 is 0. The zero-order chi connectivity index (χ0) is 5.82. The third-order valence-corrected chi connectivity index (χ3v) is 1.64. The fourth-order valence-corrected chi connectivity index (χ4v) is 0.941. The predicted octanol–water partition coefficient (Wildman–Crippen LogP) is 2.58. The van der Waals surface area contributed by atoms with Crippen LogP contribution in [0.15, 0.2) is 30.3 Å². The lowest BCUT2D eigenvalue weighted by molar-refractivity contribution is 1.44. The summed E-state index contributed by atoms with van der Waals surface area (Å²) in [5, 5.41) is 0.952. The molecule has 1 rings (SSSR count). The Hall–Kier alpha value is -0.300. The monoisotopic (exact) mass is 176 g/mol. The SMILES string of the molecule is BrC[13c]1[13cH][13cH][13cH][13cH][13cH]1. The summed E-state index contributed by atoms with van der Waals surface area (Å²) in [5.41, 5.74) is 1.33. The van der Waals surface area contributed by atoms with Gasteiger partial charge in [-0.05, 0) is 5.56 Å². The van der Waals surface area contributed by atoms with Crippen LogP contribution in [0.5, 0.6) is 0 Å². The van der Waals surface area contributed by atoms with Gasteiger partial charge in [0.15, 0.2) is 0 Å². The average molecular weight is 177 g/mol. The van der Waals surface area contributed by atoms with E-state index < -0.39 is 0 Å². The molecule has 0 bridgehead atoms. The second-order valence-electron chi connectivity index (χ2n) is 1.62. The molecule has 0 radical (unpaired) electrons. The van der Waals surface area contributed by atoms with Crippen LogP contribution in [0.2, 0.25) is 0 Å². The zero-order valence-electron chi connectivity index (χ0n) is 4.47. The van der Waals surface area contributed by atoms with Crippen molar-refractivity contribution in [1.82, 2.24) is 0 Å². The Kier molecular flexibility index (Phi) is 2.10. The largest absolute Gasteiger partial charge is 0.0876 e. The molecule has 8 heavy (non-hydrogen) atoms. The molecule has 0 nitrogen and oxygen atoms in total. The van der Waals surface area contributed by atoms with E-state index in [0.29, 0.717) is 0 Å². The summed E-state index contributed by atoms with van der Waals surface area (Å²) in [4.78, 5) is 0. The molecule has 42 valence electrons. The van der Waals surface area contributed by atoms with Gasteiger partial charge in [-0.1, -0.05) is 46.3 Å². The lowest BCUT2D eigenvalue weighted by atomic mass is 11.0. The first-order valence-corrected chi connectivity index (χ1v) is 3.65. The Bertz CT molecular complexity index is 146. The quantitative estimate of drug-likeness (QED) is 0.578. The molecule has 0 aliphatic rings. The normalized spacial score (nSPS) is 9.12. The molecule has 0 N–H and O–H groups in total. The van der Waals surface area contributed by atoms with Gasteiger partial charge in [0.25, 0.3) is 0 Å². The Labute approximate surface area is 57.7 Å². The third kappa shape index (κ3) is 1.34. The zero-order valence-corrected chi connectivity index (χ0v) is 6.06. The molecule has 0 fully saturated rings. The molecule has 1 aromatic carbocycles. The first-order chi connectivity index (χ1) is 3.93. The van der Waals surface area contributed by atoms with Gasteiger partial charge in [-0.2, -0.15) is 0 Å². The molecule has 0 amide bonds. The first kappa shape index (κ1) is 5.83. The second-order valence-corrected chi connectivity index (χ2v) is 2.18. The van der Waals surface area contributed by atoms with Gasteiger partial charge in [0.1, 0.15) is 0 Å². The maximum absolute atomic E-state index is 3.36. The van der Waals surface area contributed by atoms with E-state index in [1.807, 2.05) is 18.2 Å². The molecule has 0 saturated heterocycles. The van der Waals surface area contributed by atoms with E-state index in [0.717, 1.165) is 5.33 Å². The van der Waals surface area contributed by atoms with Crippen LogP contribution in [-0.4, -0.2) is 0 Å². The lowest BCUT2D eigenvalue weighted by Crippen LogP contribution is -1.70. The molecular formula is C7H7Br.